The van der Waals surface area contributed by atoms with Crippen molar-refractivity contribution in [1.29, 1.82) is 0 Å². The van der Waals surface area contributed by atoms with Gasteiger partial charge in [0.25, 0.3) is 0 Å². The highest BCUT2D eigenvalue weighted by molar-refractivity contribution is 6.45. The molecule has 6 nitrogen and oxygen atoms in total. The molecule has 0 unspecified atom stereocenters. The van der Waals surface area contributed by atoms with Crippen LogP contribution in [0.3, 0.4) is 0 Å². The summed E-state index contributed by atoms with van der Waals surface area (Å²) in [6.45, 7) is 6.68. The molecule has 0 aliphatic carbocycles. The van der Waals surface area contributed by atoms with E-state index in [2.05, 4.69) is 5.32 Å². The first kappa shape index (κ1) is 23.5. The minimum Gasteiger partial charge on any atom is -0.444 e. The van der Waals surface area contributed by atoms with Crippen molar-refractivity contribution in [3.05, 3.63) is 63.8 Å². The van der Waals surface area contributed by atoms with Crippen LogP contribution in [0.2, 0.25) is 10.0 Å². The van der Waals surface area contributed by atoms with Gasteiger partial charge in [-0.1, -0.05) is 41.4 Å². The molecule has 1 aromatic heterocycles. The van der Waals surface area contributed by atoms with E-state index in [9.17, 15) is 9.59 Å². The highest BCUT2D eigenvalue weighted by Gasteiger charge is 2.28. The Balaban J connectivity index is 1.67. The van der Waals surface area contributed by atoms with Crippen molar-refractivity contribution in [1.82, 2.24) is 9.47 Å². The fraction of sp³-hybridized carbons (Fsp3) is 0.360. The number of benzene rings is 2. The van der Waals surface area contributed by atoms with Crippen molar-refractivity contribution in [3.63, 3.8) is 0 Å². The number of hydrogen-bond donors (Lipinski definition) is 1. The number of carbonyl (C=O) groups is 2. The van der Waals surface area contributed by atoms with Crippen molar-refractivity contribution < 1.29 is 14.3 Å². The standard InChI is InChI=1S/C25H27Cl2N3O3/c1-25(2,3)33-24(32)29-13-11-17-19(12-14-29)30(20-10-9-18(26)23(27)22(17)20)15-21(31)28-16-7-5-4-6-8-16/h4-10H,11-15H2,1-3H3,(H,28,31). The first-order valence-corrected chi connectivity index (χ1v) is 11.7. The molecular weight excluding hydrogens is 461 g/mol. The van der Waals surface area contributed by atoms with Gasteiger partial charge in [-0.25, -0.2) is 4.79 Å². The summed E-state index contributed by atoms with van der Waals surface area (Å²) in [5.74, 6) is -0.139. The predicted molar refractivity (Wildman–Crippen MR) is 132 cm³/mol. The number of rotatable bonds is 3. The molecule has 0 atom stereocenters. The summed E-state index contributed by atoms with van der Waals surface area (Å²) < 4.78 is 7.56. The van der Waals surface area contributed by atoms with Crippen molar-refractivity contribution in [3.8, 4) is 0 Å². The topological polar surface area (TPSA) is 63.6 Å². The van der Waals surface area contributed by atoms with Crippen LogP contribution in [0.5, 0.6) is 0 Å². The van der Waals surface area contributed by atoms with E-state index in [1.807, 2.05) is 61.7 Å². The Bertz CT molecular complexity index is 1200. The number of nitrogens with one attached hydrogen (secondary N) is 1. The fourth-order valence-corrected chi connectivity index (χ4v) is 4.65. The molecule has 0 fully saturated rings. The van der Waals surface area contributed by atoms with E-state index in [-0.39, 0.29) is 18.5 Å². The number of nitrogens with zero attached hydrogens (tertiary/aromatic N) is 2. The lowest BCUT2D eigenvalue weighted by Gasteiger charge is -2.26. The Labute approximate surface area is 203 Å². The molecule has 1 aliphatic rings. The second-order valence-electron chi connectivity index (χ2n) is 9.15. The number of aromatic nitrogens is 1. The van der Waals surface area contributed by atoms with Crippen molar-refractivity contribution in [2.75, 3.05) is 18.4 Å². The SMILES string of the molecule is CC(C)(C)OC(=O)N1CCc2c(n(CC(=O)Nc3ccccc3)c3ccc(Cl)c(Cl)c23)CC1. The van der Waals surface area contributed by atoms with Crippen LogP contribution in [-0.4, -0.2) is 40.2 Å². The third-order valence-electron chi connectivity index (χ3n) is 5.60. The van der Waals surface area contributed by atoms with Crippen LogP contribution >= 0.6 is 23.2 Å². The maximum atomic E-state index is 12.9. The van der Waals surface area contributed by atoms with Crippen LogP contribution in [0.15, 0.2) is 42.5 Å². The average molecular weight is 488 g/mol. The summed E-state index contributed by atoms with van der Waals surface area (Å²) >= 11 is 13.0. The van der Waals surface area contributed by atoms with E-state index in [1.165, 1.54) is 0 Å². The lowest BCUT2D eigenvalue weighted by molar-refractivity contribution is -0.116. The van der Waals surface area contributed by atoms with Crippen molar-refractivity contribution in [2.24, 2.45) is 0 Å². The predicted octanol–water partition coefficient (Wildman–Crippen LogP) is 5.92. The monoisotopic (exact) mass is 487 g/mol. The van der Waals surface area contributed by atoms with Crippen LogP contribution in [-0.2, 0) is 28.9 Å². The second kappa shape index (κ2) is 9.27. The Morgan fingerprint density at radius 3 is 2.42 bits per heavy atom. The van der Waals surface area contributed by atoms with Crippen LogP contribution in [0, 0.1) is 0 Å². The smallest absolute Gasteiger partial charge is 0.410 e. The van der Waals surface area contributed by atoms with Gasteiger partial charge in [0.1, 0.15) is 12.1 Å². The summed E-state index contributed by atoms with van der Waals surface area (Å²) in [6, 6.07) is 13.0. The molecule has 2 amide bonds. The number of fused-ring (bicyclic) bond motifs is 3. The summed E-state index contributed by atoms with van der Waals surface area (Å²) in [5, 5.41) is 4.72. The number of carbonyl (C=O) groups excluding carboxylic acids is 2. The van der Waals surface area contributed by atoms with Gasteiger partial charge in [-0.2, -0.15) is 0 Å². The fourth-order valence-electron chi connectivity index (χ4n) is 4.21. The summed E-state index contributed by atoms with van der Waals surface area (Å²) in [4.78, 5) is 27.3. The van der Waals surface area contributed by atoms with Gasteiger partial charge in [-0.05, 0) is 57.0 Å². The first-order chi connectivity index (χ1) is 15.6. The van der Waals surface area contributed by atoms with Crippen LogP contribution < -0.4 is 5.32 Å². The minimum absolute atomic E-state index is 0.130. The molecule has 0 saturated heterocycles. The van der Waals surface area contributed by atoms with Gasteiger partial charge in [0.2, 0.25) is 5.91 Å². The molecule has 4 rings (SSSR count). The van der Waals surface area contributed by atoms with E-state index < -0.39 is 5.60 Å². The first-order valence-electron chi connectivity index (χ1n) is 10.9. The molecule has 33 heavy (non-hydrogen) atoms. The molecular formula is C25H27Cl2N3O3. The van der Waals surface area contributed by atoms with E-state index in [4.69, 9.17) is 27.9 Å². The number of amides is 2. The zero-order chi connectivity index (χ0) is 23.8. The van der Waals surface area contributed by atoms with Gasteiger partial charge >= 0.3 is 6.09 Å². The Kier molecular flexibility index (Phi) is 6.59. The quantitative estimate of drug-likeness (QED) is 0.498. The molecule has 3 aromatic rings. The minimum atomic E-state index is -0.565. The molecule has 0 spiro atoms. The van der Waals surface area contributed by atoms with Crippen molar-refractivity contribution in [2.45, 2.75) is 45.8 Å². The van der Waals surface area contributed by atoms with Crippen LogP contribution in [0.25, 0.3) is 10.9 Å². The zero-order valence-corrected chi connectivity index (χ0v) is 20.5. The number of anilines is 1. The third kappa shape index (κ3) is 5.12. The maximum absolute atomic E-state index is 12.9. The van der Waals surface area contributed by atoms with Crippen molar-refractivity contribution >= 4 is 51.8 Å². The van der Waals surface area contributed by atoms with Crippen LogP contribution in [0.4, 0.5) is 10.5 Å². The maximum Gasteiger partial charge on any atom is 0.410 e. The molecule has 174 valence electrons. The Morgan fingerprint density at radius 1 is 1.03 bits per heavy atom. The molecule has 0 radical (unpaired) electrons. The van der Waals surface area contributed by atoms with Gasteiger partial charge in [-0.15, -0.1) is 0 Å². The Hall–Kier alpha value is -2.70. The molecule has 0 saturated carbocycles. The molecule has 0 bridgehead atoms. The van der Waals surface area contributed by atoms with E-state index in [1.54, 1.807) is 11.0 Å². The summed E-state index contributed by atoms with van der Waals surface area (Å²) in [5.41, 5.74) is 3.05. The molecule has 2 aromatic carbocycles. The molecule has 8 heteroatoms. The normalized spacial score (nSPS) is 14.0. The number of ether oxygens (including phenoxy) is 1. The van der Waals surface area contributed by atoms with E-state index in [0.29, 0.717) is 36.0 Å². The van der Waals surface area contributed by atoms with Crippen LogP contribution in [0.1, 0.15) is 32.0 Å². The average Bonchev–Trinajstić information content (AvgIpc) is 2.89. The van der Waals surface area contributed by atoms with Gasteiger partial charge < -0.3 is 19.5 Å². The van der Waals surface area contributed by atoms with E-state index in [0.717, 1.165) is 27.8 Å². The molecule has 1 aliphatic heterocycles. The lowest BCUT2D eigenvalue weighted by atomic mass is 10.1. The number of para-hydroxylation sites is 1. The summed E-state index contributed by atoms with van der Waals surface area (Å²) in [7, 11) is 0. The van der Waals surface area contributed by atoms with E-state index >= 15 is 0 Å². The number of hydrogen-bond acceptors (Lipinski definition) is 3. The molecule has 1 N–H and O–H groups in total. The second-order valence-corrected chi connectivity index (χ2v) is 9.93. The Morgan fingerprint density at radius 2 is 1.73 bits per heavy atom. The number of halogens is 2. The van der Waals surface area contributed by atoms with Gasteiger partial charge in [0.05, 0.1) is 15.6 Å². The summed E-state index contributed by atoms with van der Waals surface area (Å²) in [6.07, 6.45) is 0.836. The zero-order valence-electron chi connectivity index (χ0n) is 19.0. The highest BCUT2D eigenvalue weighted by Crippen LogP contribution is 2.38. The van der Waals surface area contributed by atoms with Gasteiger partial charge in [-0.3, -0.25) is 4.79 Å². The largest absolute Gasteiger partial charge is 0.444 e. The lowest BCUT2D eigenvalue weighted by Crippen LogP contribution is -2.38. The van der Waals surface area contributed by atoms with Gasteiger partial charge in [0.15, 0.2) is 0 Å². The van der Waals surface area contributed by atoms with Gasteiger partial charge in [0, 0.05) is 36.3 Å². The molecule has 2 heterocycles. The highest BCUT2D eigenvalue weighted by atomic mass is 35.5. The third-order valence-corrected chi connectivity index (χ3v) is 6.41.